The normalized spacial score (nSPS) is 19.6. The van der Waals surface area contributed by atoms with Crippen LogP contribution in [-0.4, -0.2) is 22.6 Å². The van der Waals surface area contributed by atoms with Crippen LogP contribution in [-0.2, 0) is 11.3 Å². The van der Waals surface area contributed by atoms with E-state index in [9.17, 15) is 4.79 Å². The maximum Gasteiger partial charge on any atom is 0.313 e. The lowest BCUT2D eigenvalue weighted by Gasteiger charge is -2.20. The van der Waals surface area contributed by atoms with Crippen LogP contribution < -0.4 is 5.32 Å². The Kier molecular flexibility index (Phi) is 1.97. The molecule has 0 saturated carbocycles. The summed E-state index contributed by atoms with van der Waals surface area (Å²) in [5.41, 5.74) is 2.96. The van der Waals surface area contributed by atoms with Crippen molar-refractivity contribution in [2.24, 2.45) is 0 Å². The van der Waals surface area contributed by atoms with Crippen molar-refractivity contribution in [1.82, 2.24) is 10.3 Å². The fourth-order valence-corrected chi connectivity index (χ4v) is 2.36. The summed E-state index contributed by atoms with van der Waals surface area (Å²) in [4.78, 5) is 14.4. The van der Waals surface area contributed by atoms with Gasteiger partial charge in [-0.1, -0.05) is 18.2 Å². The van der Waals surface area contributed by atoms with E-state index in [1.165, 1.54) is 0 Å². The molecule has 0 aliphatic carbocycles. The molecule has 1 aromatic carbocycles. The highest BCUT2D eigenvalue weighted by Gasteiger charge is 2.28. The van der Waals surface area contributed by atoms with Crippen molar-refractivity contribution in [3.8, 4) is 0 Å². The number of aromatic amines is 1. The molecule has 2 heterocycles. The van der Waals surface area contributed by atoms with Crippen molar-refractivity contribution in [3.05, 3.63) is 35.5 Å². The van der Waals surface area contributed by atoms with Crippen LogP contribution in [0.15, 0.2) is 24.3 Å². The van der Waals surface area contributed by atoms with Gasteiger partial charge in [0.25, 0.3) is 0 Å². The van der Waals surface area contributed by atoms with Gasteiger partial charge in [-0.3, -0.25) is 4.79 Å². The summed E-state index contributed by atoms with van der Waals surface area (Å²) in [6.07, 6.45) is 0. The molecule has 16 heavy (non-hydrogen) atoms. The first-order valence-electron chi connectivity index (χ1n) is 5.30. The van der Waals surface area contributed by atoms with Gasteiger partial charge in [0.2, 0.25) is 0 Å². The summed E-state index contributed by atoms with van der Waals surface area (Å²) >= 11 is 0. The maximum absolute atomic E-state index is 11.1. The molecule has 2 aromatic rings. The molecule has 1 unspecified atom stereocenters. The largest absolute Gasteiger partial charge is 0.481 e. The zero-order valence-electron chi connectivity index (χ0n) is 8.66. The van der Waals surface area contributed by atoms with E-state index in [1.54, 1.807) is 0 Å². The molecule has 0 bridgehead atoms. The summed E-state index contributed by atoms with van der Waals surface area (Å²) in [5.74, 6) is -1.24. The second kappa shape index (κ2) is 3.35. The average molecular weight is 216 g/mol. The zero-order chi connectivity index (χ0) is 11.1. The van der Waals surface area contributed by atoms with E-state index in [0.717, 1.165) is 28.7 Å². The highest BCUT2D eigenvalue weighted by molar-refractivity contribution is 5.88. The number of hydrogen-bond donors (Lipinski definition) is 3. The molecule has 0 fully saturated rings. The third-order valence-corrected chi connectivity index (χ3v) is 3.14. The first-order valence-corrected chi connectivity index (χ1v) is 5.30. The third-order valence-electron chi connectivity index (χ3n) is 3.14. The van der Waals surface area contributed by atoms with Crippen molar-refractivity contribution >= 4 is 16.9 Å². The maximum atomic E-state index is 11.1. The predicted octanol–water partition coefficient (Wildman–Crippen LogP) is 1.44. The number of benzene rings is 1. The number of hydrogen-bond acceptors (Lipinski definition) is 2. The molecule has 0 radical (unpaired) electrons. The summed E-state index contributed by atoms with van der Waals surface area (Å²) in [6.45, 7) is 1.23. The quantitative estimate of drug-likeness (QED) is 0.675. The number of carbonyl (C=O) groups is 1. The van der Waals surface area contributed by atoms with Crippen LogP contribution >= 0.6 is 0 Å². The van der Waals surface area contributed by atoms with Crippen LogP contribution in [0.25, 0.3) is 10.9 Å². The number of para-hydroxylation sites is 1. The number of rotatable bonds is 1. The second-order valence-electron chi connectivity index (χ2n) is 4.08. The lowest BCUT2D eigenvalue weighted by Crippen LogP contribution is -2.32. The van der Waals surface area contributed by atoms with Gasteiger partial charge in [-0.25, -0.2) is 0 Å². The molecule has 0 saturated heterocycles. The smallest absolute Gasteiger partial charge is 0.313 e. The van der Waals surface area contributed by atoms with Crippen LogP contribution in [0.5, 0.6) is 0 Å². The van der Waals surface area contributed by atoms with E-state index in [1.807, 2.05) is 24.3 Å². The zero-order valence-corrected chi connectivity index (χ0v) is 8.66. The second-order valence-corrected chi connectivity index (χ2v) is 4.08. The number of nitrogens with one attached hydrogen (secondary N) is 2. The minimum atomic E-state index is -0.778. The van der Waals surface area contributed by atoms with E-state index in [4.69, 9.17) is 5.11 Å². The Hall–Kier alpha value is -1.81. The van der Waals surface area contributed by atoms with Gasteiger partial charge in [0, 0.05) is 29.7 Å². The number of carboxylic acid groups (broad SMARTS) is 1. The molecule has 4 nitrogen and oxygen atoms in total. The Morgan fingerprint density at radius 3 is 3.00 bits per heavy atom. The van der Waals surface area contributed by atoms with Gasteiger partial charge >= 0.3 is 5.97 Å². The fraction of sp³-hybridized carbons (Fsp3) is 0.250. The molecule has 3 N–H and O–H groups in total. The van der Waals surface area contributed by atoms with E-state index in [2.05, 4.69) is 10.3 Å². The Morgan fingerprint density at radius 1 is 1.38 bits per heavy atom. The van der Waals surface area contributed by atoms with Gasteiger partial charge in [0.1, 0.15) is 5.92 Å². The van der Waals surface area contributed by atoms with Crippen LogP contribution in [0, 0.1) is 0 Å². The van der Waals surface area contributed by atoms with Gasteiger partial charge in [-0.2, -0.15) is 0 Å². The lowest BCUT2D eigenvalue weighted by atomic mass is 9.96. The highest BCUT2D eigenvalue weighted by Crippen LogP contribution is 2.30. The number of aromatic nitrogens is 1. The molecule has 1 aliphatic rings. The summed E-state index contributed by atoms with van der Waals surface area (Å²) in [6, 6.07) is 7.93. The van der Waals surface area contributed by atoms with E-state index >= 15 is 0 Å². The molecule has 1 aliphatic heterocycles. The molecular formula is C12H12N2O2. The van der Waals surface area contributed by atoms with Crippen molar-refractivity contribution in [3.63, 3.8) is 0 Å². The fourth-order valence-electron chi connectivity index (χ4n) is 2.36. The molecule has 4 heteroatoms. The molecule has 0 amide bonds. The topological polar surface area (TPSA) is 65.1 Å². The lowest BCUT2D eigenvalue weighted by molar-refractivity contribution is -0.138. The molecular weight excluding hydrogens is 204 g/mol. The van der Waals surface area contributed by atoms with Crippen LogP contribution in [0.2, 0.25) is 0 Å². The summed E-state index contributed by atoms with van der Waals surface area (Å²) in [5, 5.41) is 13.4. The van der Waals surface area contributed by atoms with Crippen molar-refractivity contribution in [1.29, 1.82) is 0 Å². The number of aliphatic carboxylic acids is 1. The van der Waals surface area contributed by atoms with Crippen molar-refractivity contribution in [2.45, 2.75) is 12.5 Å². The van der Waals surface area contributed by atoms with Gasteiger partial charge in [0.05, 0.1) is 0 Å². The predicted molar refractivity (Wildman–Crippen MR) is 60.4 cm³/mol. The van der Waals surface area contributed by atoms with Crippen molar-refractivity contribution in [2.75, 3.05) is 6.54 Å². The monoisotopic (exact) mass is 216 g/mol. The van der Waals surface area contributed by atoms with Crippen molar-refractivity contribution < 1.29 is 9.90 Å². The molecule has 0 spiro atoms. The van der Waals surface area contributed by atoms with Gasteiger partial charge in [-0.05, 0) is 11.6 Å². The van der Waals surface area contributed by atoms with Crippen LogP contribution in [0.3, 0.4) is 0 Å². The Balaban J connectivity index is 2.25. The minimum Gasteiger partial charge on any atom is -0.481 e. The van der Waals surface area contributed by atoms with E-state index < -0.39 is 11.9 Å². The standard InChI is InChI=1S/C12H12N2O2/c15-12(16)9-6-13-5-8-7-3-1-2-4-10(7)14-11(8)9/h1-4,9,13-14H,5-6H2,(H,15,16). The van der Waals surface area contributed by atoms with Crippen LogP contribution in [0.1, 0.15) is 17.2 Å². The summed E-state index contributed by atoms with van der Waals surface area (Å²) < 4.78 is 0. The van der Waals surface area contributed by atoms with Gasteiger partial charge in [0.15, 0.2) is 0 Å². The van der Waals surface area contributed by atoms with Gasteiger partial charge < -0.3 is 15.4 Å². The highest BCUT2D eigenvalue weighted by atomic mass is 16.4. The Bertz CT molecular complexity index is 559. The molecule has 1 atom stereocenters. The Morgan fingerprint density at radius 2 is 2.19 bits per heavy atom. The Labute approximate surface area is 92.3 Å². The molecule has 1 aromatic heterocycles. The van der Waals surface area contributed by atoms with Crippen LogP contribution in [0.4, 0.5) is 0 Å². The number of H-pyrrole nitrogens is 1. The third kappa shape index (κ3) is 1.23. The summed E-state index contributed by atoms with van der Waals surface area (Å²) in [7, 11) is 0. The minimum absolute atomic E-state index is 0.462. The number of fused-ring (bicyclic) bond motifs is 3. The average Bonchev–Trinajstić information content (AvgIpc) is 2.67. The molecule has 3 rings (SSSR count). The molecule has 82 valence electrons. The SMILES string of the molecule is O=C(O)C1CNCc2c1[nH]c1ccccc21. The first-order chi connectivity index (χ1) is 7.77. The number of carboxylic acids is 1. The first kappa shape index (κ1) is 9.42. The van der Waals surface area contributed by atoms with Gasteiger partial charge in [-0.15, -0.1) is 0 Å². The van der Waals surface area contributed by atoms with E-state index in [-0.39, 0.29) is 0 Å². The van der Waals surface area contributed by atoms with E-state index in [0.29, 0.717) is 6.54 Å².